The van der Waals surface area contributed by atoms with E-state index in [1.165, 1.54) is 7.11 Å². The summed E-state index contributed by atoms with van der Waals surface area (Å²) >= 11 is 1.79. The molecule has 0 saturated carbocycles. The topological polar surface area (TPSA) is 59.8 Å². The van der Waals surface area contributed by atoms with Gasteiger partial charge in [0.1, 0.15) is 5.76 Å². The Morgan fingerprint density at radius 2 is 1.96 bits per heavy atom. The van der Waals surface area contributed by atoms with Crippen LogP contribution in [0.3, 0.4) is 0 Å². The number of hydrogen-bond donors (Lipinski definition) is 0. The number of nitrogens with zero attached hydrogens (tertiary/aromatic N) is 1. The highest BCUT2D eigenvalue weighted by molar-refractivity contribution is 7.99. The molecule has 1 aromatic carbocycles. The highest BCUT2D eigenvalue weighted by Crippen LogP contribution is 2.34. The van der Waals surface area contributed by atoms with Crippen LogP contribution in [-0.4, -0.2) is 42.7 Å². The lowest BCUT2D eigenvalue weighted by Gasteiger charge is -2.21. The summed E-state index contributed by atoms with van der Waals surface area (Å²) in [6, 6.07) is 10.7. The Labute approximate surface area is 145 Å². The van der Waals surface area contributed by atoms with Gasteiger partial charge in [0.2, 0.25) is 0 Å². The van der Waals surface area contributed by atoms with Crippen molar-refractivity contribution in [3.63, 3.8) is 0 Å². The second kappa shape index (κ2) is 7.57. The molecule has 0 bridgehead atoms. The van der Waals surface area contributed by atoms with Crippen LogP contribution in [0.25, 0.3) is 0 Å². The summed E-state index contributed by atoms with van der Waals surface area (Å²) in [4.78, 5) is 26.6. The average molecular weight is 345 g/mol. The van der Waals surface area contributed by atoms with E-state index < -0.39 is 5.97 Å². The molecule has 1 aromatic heterocycles. The highest BCUT2D eigenvalue weighted by Gasteiger charge is 2.26. The van der Waals surface area contributed by atoms with Gasteiger partial charge in [-0.15, -0.1) is 11.8 Å². The zero-order valence-corrected chi connectivity index (χ0v) is 14.3. The molecule has 0 radical (unpaired) electrons. The Morgan fingerprint density at radius 3 is 2.67 bits per heavy atom. The molecule has 1 atom stereocenters. The van der Waals surface area contributed by atoms with Crippen LogP contribution in [-0.2, 0) is 4.74 Å². The van der Waals surface area contributed by atoms with E-state index in [9.17, 15) is 9.59 Å². The van der Waals surface area contributed by atoms with Crippen LogP contribution in [0, 0.1) is 0 Å². The Bertz CT molecular complexity index is 714. The molecule has 0 spiro atoms. The summed E-state index contributed by atoms with van der Waals surface area (Å²) in [5.74, 6) is 1.16. The first kappa shape index (κ1) is 16.6. The molecule has 24 heavy (non-hydrogen) atoms. The molecular formula is C18H19NO4S. The molecule has 6 heteroatoms. The Balaban J connectivity index is 1.75. The second-order valence-electron chi connectivity index (χ2n) is 5.49. The molecule has 2 aromatic rings. The van der Waals surface area contributed by atoms with E-state index in [2.05, 4.69) is 0 Å². The fraction of sp³-hybridized carbons (Fsp3) is 0.333. The number of benzene rings is 1. The lowest BCUT2D eigenvalue weighted by atomic mass is 10.1. The van der Waals surface area contributed by atoms with Crippen LogP contribution in [0.4, 0.5) is 0 Å². The molecule has 0 aliphatic carbocycles. The van der Waals surface area contributed by atoms with Crippen molar-refractivity contribution in [3.8, 4) is 0 Å². The van der Waals surface area contributed by atoms with Crippen LogP contribution >= 0.6 is 11.8 Å². The van der Waals surface area contributed by atoms with Crippen LogP contribution in [0.15, 0.2) is 47.1 Å². The maximum absolute atomic E-state index is 12.9. The van der Waals surface area contributed by atoms with E-state index in [0.717, 1.165) is 17.9 Å². The summed E-state index contributed by atoms with van der Waals surface area (Å²) in [6.45, 7) is 1.28. The monoisotopic (exact) mass is 345 g/mol. The van der Waals surface area contributed by atoms with Crippen molar-refractivity contribution >= 4 is 23.6 Å². The van der Waals surface area contributed by atoms with Gasteiger partial charge in [0.25, 0.3) is 5.91 Å². The second-order valence-corrected chi connectivity index (χ2v) is 6.80. The molecule has 5 nitrogen and oxygen atoms in total. The lowest BCUT2D eigenvalue weighted by molar-refractivity contribution is 0.0590. The van der Waals surface area contributed by atoms with Gasteiger partial charge in [-0.25, -0.2) is 4.79 Å². The zero-order chi connectivity index (χ0) is 16.9. The summed E-state index contributed by atoms with van der Waals surface area (Å²) in [5, 5.41) is 0.258. The summed E-state index contributed by atoms with van der Waals surface area (Å²) in [7, 11) is 1.32. The van der Waals surface area contributed by atoms with Gasteiger partial charge in [0.05, 0.1) is 29.7 Å². The van der Waals surface area contributed by atoms with Crippen LogP contribution in [0.2, 0.25) is 0 Å². The Morgan fingerprint density at radius 1 is 1.17 bits per heavy atom. The third-order valence-corrected chi connectivity index (χ3v) is 5.34. The molecule has 2 heterocycles. The van der Waals surface area contributed by atoms with Crippen molar-refractivity contribution in [2.24, 2.45) is 0 Å². The maximum atomic E-state index is 12.9. The fourth-order valence-electron chi connectivity index (χ4n) is 2.80. The molecule has 126 valence electrons. The van der Waals surface area contributed by atoms with Crippen molar-refractivity contribution in [1.29, 1.82) is 0 Å². The van der Waals surface area contributed by atoms with Crippen molar-refractivity contribution in [1.82, 2.24) is 4.90 Å². The molecule has 1 aliphatic rings. The van der Waals surface area contributed by atoms with Crippen molar-refractivity contribution < 1.29 is 18.7 Å². The number of hydrogen-bond acceptors (Lipinski definition) is 5. The largest absolute Gasteiger partial charge is 0.468 e. The molecular weight excluding hydrogens is 326 g/mol. The molecule has 1 amide bonds. The number of carbonyl (C=O) groups excluding carboxylic acids is 2. The van der Waals surface area contributed by atoms with Crippen molar-refractivity contribution in [2.75, 3.05) is 26.0 Å². The van der Waals surface area contributed by atoms with Crippen LogP contribution < -0.4 is 0 Å². The smallest absolute Gasteiger partial charge is 0.338 e. The zero-order valence-electron chi connectivity index (χ0n) is 13.4. The molecule has 3 rings (SSSR count). The van der Waals surface area contributed by atoms with E-state index in [0.29, 0.717) is 24.2 Å². The summed E-state index contributed by atoms with van der Waals surface area (Å²) < 4.78 is 10.3. The molecule has 1 unspecified atom stereocenters. The molecule has 1 saturated heterocycles. The summed E-state index contributed by atoms with van der Waals surface area (Å²) in [5.41, 5.74) is 0.704. The van der Waals surface area contributed by atoms with Gasteiger partial charge in [-0.05, 0) is 30.7 Å². The predicted octanol–water partition coefficient (Wildman–Crippen LogP) is 3.39. The first-order valence-corrected chi connectivity index (χ1v) is 8.87. The minimum Gasteiger partial charge on any atom is -0.468 e. The Hall–Kier alpha value is -2.21. The van der Waals surface area contributed by atoms with Gasteiger partial charge in [-0.2, -0.15) is 0 Å². The van der Waals surface area contributed by atoms with Gasteiger partial charge >= 0.3 is 5.97 Å². The average Bonchev–Trinajstić information content (AvgIpc) is 3.05. The molecule has 1 aliphatic heterocycles. The van der Waals surface area contributed by atoms with Crippen molar-refractivity contribution in [3.05, 3.63) is 59.5 Å². The van der Waals surface area contributed by atoms with Crippen molar-refractivity contribution in [2.45, 2.75) is 11.7 Å². The first-order valence-electron chi connectivity index (χ1n) is 7.82. The number of furan rings is 1. The number of thioether (sulfide) groups is 1. The normalized spacial score (nSPS) is 18.0. The summed E-state index contributed by atoms with van der Waals surface area (Å²) in [6.07, 6.45) is 2.50. The van der Waals surface area contributed by atoms with Gasteiger partial charge in [-0.3, -0.25) is 4.79 Å². The number of esters is 1. The van der Waals surface area contributed by atoms with E-state index >= 15 is 0 Å². The standard InChI is InChI=1S/C18H19NO4S/c1-22-18(21)14-6-3-2-5-13(14)17(20)19-9-8-16(24-12-10-19)15-7-4-11-23-15/h2-7,11,16H,8-10,12H2,1H3. The lowest BCUT2D eigenvalue weighted by Crippen LogP contribution is -2.34. The first-order chi connectivity index (χ1) is 11.7. The van der Waals surface area contributed by atoms with Gasteiger partial charge in [-0.1, -0.05) is 12.1 Å². The van der Waals surface area contributed by atoms with Crippen LogP contribution in [0.5, 0.6) is 0 Å². The quantitative estimate of drug-likeness (QED) is 0.798. The minimum absolute atomic E-state index is 0.128. The predicted molar refractivity (Wildman–Crippen MR) is 92.2 cm³/mol. The third kappa shape index (κ3) is 3.48. The van der Waals surface area contributed by atoms with Gasteiger partial charge in [0.15, 0.2) is 0 Å². The SMILES string of the molecule is COC(=O)c1ccccc1C(=O)N1CCSC(c2ccco2)CC1. The number of carbonyl (C=O) groups is 2. The maximum Gasteiger partial charge on any atom is 0.338 e. The molecule has 1 fully saturated rings. The molecule has 0 N–H and O–H groups in total. The third-order valence-electron chi connectivity index (χ3n) is 4.05. The van der Waals surface area contributed by atoms with E-state index in [4.69, 9.17) is 9.15 Å². The van der Waals surface area contributed by atoms with Gasteiger partial charge in [0, 0.05) is 18.8 Å². The Kier molecular flexibility index (Phi) is 5.25. The van der Waals surface area contributed by atoms with E-state index in [-0.39, 0.29) is 11.2 Å². The minimum atomic E-state index is -0.489. The number of ether oxygens (including phenoxy) is 1. The van der Waals surface area contributed by atoms with E-state index in [1.807, 2.05) is 12.1 Å². The van der Waals surface area contributed by atoms with Gasteiger partial charge < -0.3 is 14.1 Å². The van der Waals surface area contributed by atoms with E-state index in [1.54, 1.807) is 47.2 Å². The number of amides is 1. The highest BCUT2D eigenvalue weighted by atomic mass is 32.2. The fourth-order valence-corrected chi connectivity index (χ4v) is 3.98. The number of rotatable bonds is 3. The number of methoxy groups -OCH3 is 1. The van der Waals surface area contributed by atoms with Crippen LogP contribution in [0.1, 0.15) is 38.1 Å².